The highest BCUT2D eigenvalue weighted by Gasteiger charge is 2.21. The predicted octanol–water partition coefficient (Wildman–Crippen LogP) is 4.16. The molecule has 0 atom stereocenters. The van der Waals surface area contributed by atoms with Crippen molar-refractivity contribution in [3.8, 4) is 16.9 Å². The summed E-state index contributed by atoms with van der Waals surface area (Å²) in [6.07, 6.45) is 7.47. The maximum absolute atomic E-state index is 13.6. The number of para-hydroxylation sites is 1. The van der Waals surface area contributed by atoms with Crippen LogP contribution in [0.2, 0.25) is 0 Å². The molecule has 1 fully saturated rings. The van der Waals surface area contributed by atoms with Crippen molar-refractivity contribution in [2.45, 2.75) is 19.4 Å². The Bertz CT molecular complexity index is 1460. The standard InChI is InChI=1S/C25H23N5O2/c31-25-29(16-17-7-10-32-11-8-17)23-13-19(21-12-18-6-9-26-22(18)15-27-21)14-28-24(23)30(25)20-4-2-1-3-5-20/h1-6,9,12-15,17,26H,7-8,10-11,16H2. The first-order chi connectivity index (χ1) is 15.8. The number of fused-ring (bicyclic) bond motifs is 2. The third-order valence-electron chi connectivity index (χ3n) is 6.30. The topological polar surface area (TPSA) is 77.7 Å². The molecule has 32 heavy (non-hydrogen) atoms. The van der Waals surface area contributed by atoms with E-state index in [-0.39, 0.29) is 5.69 Å². The van der Waals surface area contributed by atoms with Gasteiger partial charge in [-0.3, -0.25) is 9.55 Å². The number of aromatic nitrogens is 5. The second-order valence-corrected chi connectivity index (χ2v) is 8.32. The number of pyridine rings is 2. The van der Waals surface area contributed by atoms with Gasteiger partial charge in [0.25, 0.3) is 0 Å². The highest BCUT2D eigenvalue weighted by molar-refractivity contribution is 5.85. The summed E-state index contributed by atoms with van der Waals surface area (Å²) < 4.78 is 9.11. The minimum atomic E-state index is -0.0589. The Labute approximate surface area is 184 Å². The van der Waals surface area contributed by atoms with Crippen LogP contribution in [0.3, 0.4) is 0 Å². The largest absolute Gasteiger partial charge is 0.381 e. The number of hydrogen-bond acceptors (Lipinski definition) is 4. The van der Waals surface area contributed by atoms with Gasteiger partial charge in [-0.15, -0.1) is 0 Å². The van der Waals surface area contributed by atoms with E-state index in [1.54, 1.807) is 10.8 Å². The van der Waals surface area contributed by atoms with E-state index in [1.165, 1.54) is 0 Å². The van der Waals surface area contributed by atoms with Gasteiger partial charge in [0.05, 0.1) is 28.6 Å². The number of rotatable bonds is 4. The van der Waals surface area contributed by atoms with Crippen molar-refractivity contribution < 1.29 is 4.74 Å². The Balaban J connectivity index is 1.53. The summed E-state index contributed by atoms with van der Waals surface area (Å²) in [4.78, 5) is 26.1. The fourth-order valence-corrected chi connectivity index (χ4v) is 4.55. The SMILES string of the molecule is O=c1n(CC2CCOCC2)c2cc(-c3cc4cc[nH]c4cn3)cnc2n1-c1ccccc1. The van der Waals surface area contributed by atoms with Gasteiger partial charge in [-0.2, -0.15) is 0 Å². The number of nitrogens with zero attached hydrogens (tertiary/aromatic N) is 4. The van der Waals surface area contributed by atoms with Gasteiger partial charge >= 0.3 is 5.69 Å². The molecule has 0 saturated carbocycles. The third kappa shape index (κ3) is 3.22. The van der Waals surface area contributed by atoms with Crippen LogP contribution in [0.5, 0.6) is 0 Å². The molecule has 0 amide bonds. The molecule has 0 bridgehead atoms. The Morgan fingerprint density at radius 1 is 1.03 bits per heavy atom. The van der Waals surface area contributed by atoms with E-state index in [0.29, 0.717) is 18.1 Å². The summed E-state index contributed by atoms with van der Waals surface area (Å²) in [7, 11) is 0. The number of imidazole rings is 1. The first-order valence-corrected chi connectivity index (χ1v) is 11.0. The summed E-state index contributed by atoms with van der Waals surface area (Å²) >= 11 is 0. The molecule has 1 N–H and O–H groups in total. The van der Waals surface area contributed by atoms with E-state index in [1.807, 2.05) is 65.5 Å². The molecule has 7 nitrogen and oxygen atoms in total. The van der Waals surface area contributed by atoms with Crippen LogP contribution < -0.4 is 5.69 Å². The molecule has 0 radical (unpaired) electrons. The summed E-state index contributed by atoms with van der Waals surface area (Å²) in [5.41, 5.74) is 4.99. The van der Waals surface area contributed by atoms with Crippen LogP contribution in [-0.4, -0.2) is 37.3 Å². The minimum absolute atomic E-state index is 0.0589. The maximum atomic E-state index is 13.6. The fraction of sp³-hybridized carbons (Fsp3) is 0.240. The summed E-state index contributed by atoms with van der Waals surface area (Å²) in [5, 5.41) is 1.09. The number of aromatic amines is 1. The van der Waals surface area contributed by atoms with Gasteiger partial charge in [-0.25, -0.2) is 14.3 Å². The van der Waals surface area contributed by atoms with Gasteiger partial charge in [-0.1, -0.05) is 18.2 Å². The number of hydrogen-bond donors (Lipinski definition) is 1. The van der Waals surface area contributed by atoms with Crippen LogP contribution in [0.25, 0.3) is 39.0 Å². The Morgan fingerprint density at radius 2 is 1.88 bits per heavy atom. The first kappa shape index (κ1) is 19.0. The molecule has 6 rings (SSSR count). The highest BCUT2D eigenvalue weighted by atomic mass is 16.5. The molecule has 0 unspecified atom stereocenters. The van der Waals surface area contributed by atoms with Crippen LogP contribution >= 0.6 is 0 Å². The molecule has 1 aliphatic heterocycles. The summed E-state index contributed by atoms with van der Waals surface area (Å²) in [5.74, 6) is 0.411. The molecule has 5 aromatic rings. The van der Waals surface area contributed by atoms with Crippen molar-refractivity contribution in [2.24, 2.45) is 5.92 Å². The number of benzene rings is 1. The van der Waals surface area contributed by atoms with Gasteiger partial charge in [-0.05, 0) is 49.1 Å². The number of nitrogens with one attached hydrogen (secondary N) is 1. The molecule has 5 heterocycles. The van der Waals surface area contributed by atoms with Crippen LogP contribution in [0.4, 0.5) is 0 Å². The quantitative estimate of drug-likeness (QED) is 0.469. The second kappa shape index (κ2) is 7.76. The fourth-order valence-electron chi connectivity index (χ4n) is 4.55. The molecule has 7 heteroatoms. The Morgan fingerprint density at radius 3 is 2.72 bits per heavy atom. The van der Waals surface area contributed by atoms with Crippen LogP contribution in [0.1, 0.15) is 12.8 Å². The molecule has 1 aromatic carbocycles. The van der Waals surface area contributed by atoms with Gasteiger partial charge < -0.3 is 9.72 Å². The zero-order chi connectivity index (χ0) is 21.5. The van der Waals surface area contributed by atoms with E-state index in [2.05, 4.69) is 9.97 Å². The lowest BCUT2D eigenvalue weighted by Crippen LogP contribution is -2.28. The van der Waals surface area contributed by atoms with Crippen molar-refractivity contribution >= 4 is 22.1 Å². The van der Waals surface area contributed by atoms with Crippen LogP contribution in [-0.2, 0) is 11.3 Å². The summed E-state index contributed by atoms with van der Waals surface area (Å²) in [6, 6.07) is 15.8. The molecule has 1 aliphatic rings. The van der Waals surface area contributed by atoms with Crippen LogP contribution in [0, 0.1) is 5.92 Å². The molecule has 160 valence electrons. The van der Waals surface area contributed by atoms with Crippen molar-refractivity contribution in [1.82, 2.24) is 24.1 Å². The molecular formula is C25H23N5O2. The normalized spacial score (nSPS) is 15.0. The monoisotopic (exact) mass is 425 g/mol. The van der Waals surface area contributed by atoms with Gasteiger partial charge in [0, 0.05) is 43.1 Å². The van der Waals surface area contributed by atoms with Crippen molar-refractivity contribution in [3.63, 3.8) is 0 Å². The average Bonchev–Trinajstić information content (AvgIpc) is 3.42. The zero-order valence-electron chi connectivity index (χ0n) is 17.6. The lowest BCUT2D eigenvalue weighted by Gasteiger charge is -2.22. The highest BCUT2D eigenvalue weighted by Crippen LogP contribution is 2.26. The molecule has 4 aromatic heterocycles. The molecule has 1 saturated heterocycles. The maximum Gasteiger partial charge on any atom is 0.334 e. The van der Waals surface area contributed by atoms with E-state index in [9.17, 15) is 4.79 Å². The predicted molar refractivity (Wildman–Crippen MR) is 124 cm³/mol. The molecule has 0 spiro atoms. The van der Waals surface area contributed by atoms with E-state index >= 15 is 0 Å². The number of H-pyrrole nitrogens is 1. The van der Waals surface area contributed by atoms with Crippen molar-refractivity contribution in [3.05, 3.63) is 77.6 Å². The van der Waals surface area contributed by atoms with Gasteiger partial charge in [0.1, 0.15) is 0 Å². The second-order valence-electron chi connectivity index (χ2n) is 8.32. The minimum Gasteiger partial charge on any atom is -0.381 e. The molecular weight excluding hydrogens is 402 g/mol. The van der Waals surface area contributed by atoms with E-state index < -0.39 is 0 Å². The van der Waals surface area contributed by atoms with Gasteiger partial charge in [0.2, 0.25) is 0 Å². The van der Waals surface area contributed by atoms with Gasteiger partial charge in [0.15, 0.2) is 5.65 Å². The Hall–Kier alpha value is -3.71. The number of ether oxygens (including phenoxy) is 1. The lowest BCUT2D eigenvalue weighted by atomic mass is 10.0. The van der Waals surface area contributed by atoms with Crippen LogP contribution in [0.15, 0.2) is 71.9 Å². The molecule has 0 aliphatic carbocycles. The van der Waals surface area contributed by atoms with Crippen molar-refractivity contribution in [1.29, 1.82) is 0 Å². The van der Waals surface area contributed by atoms with E-state index in [4.69, 9.17) is 9.72 Å². The Kier molecular flexibility index (Phi) is 4.61. The lowest BCUT2D eigenvalue weighted by molar-refractivity contribution is 0.0613. The summed E-state index contributed by atoms with van der Waals surface area (Å²) in [6.45, 7) is 2.16. The first-order valence-electron chi connectivity index (χ1n) is 11.0. The zero-order valence-corrected chi connectivity index (χ0v) is 17.6. The average molecular weight is 425 g/mol. The van der Waals surface area contributed by atoms with E-state index in [0.717, 1.165) is 59.4 Å². The smallest absolute Gasteiger partial charge is 0.334 e. The third-order valence-corrected chi connectivity index (χ3v) is 6.30. The van der Waals surface area contributed by atoms with Crippen molar-refractivity contribution in [2.75, 3.05) is 13.2 Å².